The molecule has 8 heteroatoms. The molecular formula is C17H12F3N3OS. The first-order chi connectivity index (χ1) is 12.0. The fraction of sp³-hybridized carbons (Fsp3) is 0.0588. The third-order valence-electron chi connectivity index (χ3n) is 3.25. The van der Waals surface area contributed by atoms with Gasteiger partial charge in [0.15, 0.2) is 5.69 Å². The highest BCUT2D eigenvalue weighted by molar-refractivity contribution is 7.99. The average molecular weight is 363 g/mol. The van der Waals surface area contributed by atoms with E-state index < -0.39 is 11.7 Å². The Morgan fingerprint density at radius 2 is 1.72 bits per heavy atom. The lowest BCUT2D eigenvalue weighted by molar-refractivity contribution is 0.102. The maximum absolute atomic E-state index is 12.9. The summed E-state index contributed by atoms with van der Waals surface area (Å²) in [7, 11) is 0. The third kappa shape index (κ3) is 4.42. The Kier molecular flexibility index (Phi) is 5.08. The summed E-state index contributed by atoms with van der Waals surface area (Å²) in [5.74, 6) is -3.28. The number of aromatic nitrogens is 2. The zero-order valence-electron chi connectivity index (χ0n) is 12.7. The van der Waals surface area contributed by atoms with E-state index in [4.69, 9.17) is 0 Å². The molecule has 1 aromatic heterocycles. The van der Waals surface area contributed by atoms with Gasteiger partial charge < -0.3 is 5.32 Å². The fourth-order valence-corrected chi connectivity index (χ4v) is 2.60. The maximum Gasteiger partial charge on any atom is 0.288 e. The number of carbonyl (C=O) groups excluding carboxylic acids is 1. The van der Waals surface area contributed by atoms with Crippen LogP contribution in [-0.2, 0) is 0 Å². The van der Waals surface area contributed by atoms with Crippen molar-refractivity contribution < 1.29 is 18.0 Å². The highest BCUT2D eigenvalue weighted by Crippen LogP contribution is 2.26. The van der Waals surface area contributed by atoms with Gasteiger partial charge in [-0.2, -0.15) is 13.9 Å². The van der Waals surface area contributed by atoms with E-state index in [1.54, 1.807) is 30.5 Å². The molecule has 0 fully saturated rings. The molecule has 0 spiro atoms. The predicted octanol–water partition coefficient (Wildman–Crippen LogP) is 4.58. The summed E-state index contributed by atoms with van der Waals surface area (Å²) in [5, 5.41) is 6.78. The fourth-order valence-electron chi connectivity index (χ4n) is 2.10. The summed E-state index contributed by atoms with van der Waals surface area (Å²) in [4.78, 5) is 12.6. The van der Waals surface area contributed by atoms with E-state index in [1.807, 2.05) is 0 Å². The van der Waals surface area contributed by atoms with Gasteiger partial charge >= 0.3 is 0 Å². The number of rotatable bonds is 5. The molecule has 1 amide bonds. The topological polar surface area (TPSA) is 46.9 Å². The summed E-state index contributed by atoms with van der Waals surface area (Å²) in [6, 6.07) is 13.3. The molecule has 1 heterocycles. The van der Waals surface area contributed by atoms with E-state index in [-0.39, 0.29) is 11.5 Å². The number of nitrogens with zero attached hydrogens (tertiary/aromatic N) is 2. The van der Waals surface area contributed by atoms with Crippen molar-refractivity contribution in [3.8, 4) is 5.69 Å². The number of hydrogen-bond acceptors (Lipinski definition) is 3. The Labute approximate surface area is 145 Å². The molecule has 1 N–H and O–H groups in total. The second-order valence-electron chi connectivity index (χ2n) is 4.98. The van der Waals surface area contributed by atoms with E-state index >= 15 is 0 Å². The molecule has 25 heavy (non-hydrogen) atoms. The number of carbonyl (C=O) groups is 1. The standard InChI is InChI=1S/C17H12F3N3OS/c18-11-1-5-13(6-2-11)23-10-9-15(22-23)16(24)21-12-3-7-14(8-4-12)25-17(19)20/h1-10,17H,(H,21,24). The molecule has 0 bridgehead atoms. The monoisotopic (exact) mass is 363 g/mol. The van der Waals surface area contributed by atoms with Crippen LogP contribution in [-0.4, -0.2) is 21.4 Å². The second kappa shape index (κ2) is 7.43. The van der Waals surface area contributed by atoms with Gasteiger partial charge in [-0.3, -0.25) is 4.79 Å². The van der Waals surface area contributed by atoms with Crippen LogP contribution in [0.25, 0.3) is 5.69 Å². The van der Waals surface area contributed by atoms with E-state index in [9.17, 15) is 18.0 Å². The van der Waals surface area contributed by atoms with Gasteiger partial charge in [-0.05, 0) is 54.6 Å². The van der Waals surface area contributed by atoms with Gasteiger partial charge in [0.2, 0.25) is 0 Å². The Morgan fingerprint density at radius 3 is 2.36 bits per heavy atom. The minimum atomic E-state index is -2.49. The van der Waals surface area contributed by atoms with Gasteiger partial charge in [0, 0.05) is 16.8 Å². The van der Waals surface area contributed by atoms with Crippen molar-refractivity contribution in [2.45, 2.75) is 10.7 Å². The molecule has 2 aromatic carbocycles. The van der Waals surface area contributed by atoms with Crippen LogP contribution in [0.2, 0.25) is 0 Å². The normalized spacial score (nSPS) is 10.9. The smallest absolute Gasteiger partial charge is 0.288 e. The first-order valence-electron chi connectivity index (χ1n) is 7.19. The third-order valence-corrected chi connectivity index (χ3v) is 3.97. The maximum atomic E-state index is 12.9. The molecule has 0 radical (unpaired) electrons. The molecule has 0 atom stereocenters. The van der Waals surface area contributed by atoms with E-state index in [1.165, 1.54) is 35.0 Å². The highest BCUT2D eigenvalue weighted by Gasteiger charge is 2.11. The number of anilines is 1. The van der Waals surface area contributed by atoms with Crippen LogP contribution in [0, 0.1) is 5.82 Å². The van der Waals surface area contributed by atoms with Crippen LogP contribution < -0.4 is 5.32 Å². The van der Waals surface area contributed by atoms with Gasteiger partial charge in [0.05, 0.1) is 5.69 Å². The van der Waals surface area contributed by atoms with Crippen molar-refractivity contribution in [2.75, 3.05) is 5.32 Å². The molecule has 0 aliphatic rings. The second-order valence-corrected chi connectivity index (χ2v) is 6.04. The van der Waals surface area contributed by atoms with Crippen molar-refractivity contribution in [3.63, 3.8) is 0 Å². The number of thioether (sulfide) groups is 1. The average Bonchev–Trinajstić information content (AvgIpc) is 3.07. The van der Waals surface area contributed by atoms with Crippen molar-refractivity contribution in [2.24, 2.45) is 0 Å². The zero-order valence-corrected chi connectivity index (χ0v) is 13.5. The van der Waals surface area contributed by atoms with Crippen LogP contribution in [0.5, 0.6) is 0 Å². The van der Waals surface area contributed by atoms with Crippen molar-refractivity contribution >= 4 is 23.4 Å². The van der Waals surface area contributed by atoms with Gasteiger partial charge in [-0.15, -0.1) is 0 Å². The van der Waals surface area contributed by atoms with Crippen LogP contribution in [0.4, 0.5) is 18.9 Å². The lowest BCUT2D eigenvalue weighted by Gasteiger charge is -2.05. The number of alkyl halides is 2. The zero-order chi connectivity index (χ0) is 17.8. The van der Waals surface area contributed by atoms with Gasteiger partial charge in [-0.25, -0.2) is 9.07 Å². The molecule has 0 aliphatic heterocycles. The molecule has 128 valence electrons. The molecule has 3 aromatic rings. The van der Waals surface area contributed by atoms with Crippen LogP contribution >= 0.6 is 11.8 Å². The number of hydrogen-bond donors (Lipinski definition) is 1. The van der Waals surface area contributed by atoms with E-state index in [0.717, 1.165) is 0 Å². The van der Waals surface area contributed by atoms with E-state index in [0.29, 0.717) is 28.0 Å². The summed E-state index contributed by atoms with van der Waals surface area (Å²) in [5.41, 5.74) is 1.27. The first-order valence-corrected chi connectivity index (χ1v) is 8.07. The minimum absolute atomic E-state index is 0.176. The Morgan fingerprint density at radius 1 is 1.04 bits per heavy atom. The molecule has 0 unspecified atom stereocenters. The van der Waals surface area contributed by atoms with Gasteiger partial charge in [0.25, 0.3) is 11.7 Å². The quantitative estimate of drug-likeness (QED) is 0.675. The van der Waals surface area contributed by atoms with E-state index in [2.05, 4.69) is 10.4 Å². The molecule has 3 rings (SSSR count). The molecule has 0 aliphatic carbocycles. The van der Waals surface area contributed by atoms with Crippen LogP contribution in [0.15, 0.2) is 65.7 Å². The SMILES string of the molecule is O=C(Nc1ccc(SC(F)F)cc1)c1ccn(-c2ccc(F)cc2)n1. The number of nitrogens with one attached hydrogen (secondary N) is 1. The molecule has 4 nitrogen and oxygen atoms in total. The largest absolute Gasteiger partial charge is 0.321 e. The Bertz CT molecular complexity index is 864. The number of halogens is 3. The van der Waals surface area contributed by atoms with Crippen LogP contribution in [0.1, 0.15) is 10.5 Å². The molecule has 0 saturated heterocycles. The van der Waals surface area contributed by atoms with Gasteiger partial charge in [-0.1, -0.05) is 11.8 Å². The van der Waals surface area contributed by atoms with Crippen molar-refractivity contribution in [3.05, 3.63) is 72.3 Å². The molecular weight excluding hydrogens is 351 g/mol. The predicted molar refractivity (Wildman–Crippen MR) is 89.8 cm³/mol. The van der Waals surface area contributed by atoms with Crippen LogP contribution in [0.3, 0.4) is 0 Å². The number of amides is 1. The summed E-state index contributed by atoms with van der Waals surface area (Å²) in [6.45, 7) is 0. The first kappa shape index (κ1) is 17.1. The summed E-state index contributed by atoms with van der Waals surface area (Å²) in [6.07, 6.45) is 1.59. The minimum Gasteiger partial charge on any atom is -0.321 e. The Balaban J connectivity index is 1.68. The van der Waals surface area contributed by atoms with Crippen molar-refractivity contribution in [1.29, 1.82) is 0 Å². The molecule has 0 saturated carbocycles. The lowest BCUT2D eigenvalue weighted by atomic mass is 10.3. The number of benzene rings is 2. The summed E-state index contributed by atoms with van der Waals surface area (Å²) < 4.78 is 39.0. The van der Waals surface area contributed by atoms with Gasteiger partial charge in [0.1, 0.15) is 5.82 Å². The summed E-state index contributed by atoms with van der Waals surface area (Å²) >= 11 is 0.436. The van der Waals surface area contributed by atoms with Crippen molar-refractivity contribution in [1.82, 2.24) is 9.78 Å². The lowest BCUT2D eigenvalue weighted by Crippen LogP contribution is -2.13. The highest BCUT2D eigenvalue weighted by atomic mass is 32.2. The Hall–Kier alpha value is -2.74.